The van der Waals surface area contributed by atoms with Crippen LogP contribution in [0.15, 0.2) is 42.5 Å². The second-order valence-electron chi connectivity index (χ2n) is 6.52. The minimum atomic E-state index is -0.565. The van der Waals surface area contributed by atoms with Crippen molar-refractivity contribution in [3.8, 4) is 0 Å². The number of rotatable bonds is 7. The van der Waals surface area contributed by atoms with E-state index in [-0.39, 0.29) is 34.9 Å². The predicted molar refractivity (Wildman–Crippen MR) is 102 cm³/mol. The van der Waals surface area contributed by atoms with Gasteiger partial charge in [0.1, 0.15) is 11.7 Å². The topological polar surface area (TPSA) is 88.8 Å². The van der Waals surface area contributed by atoms with Crippen LogP contribution in [-0.2, 0) is 4.79 Å². The van der Waals surface area contributed by atoms with E-state index in [1.165, 1.54) is 23.8 Å². The Morgan fingerprint density at radius 1 is 1.15 bits per heavy atom. The molecule has 0 aliphatic carbocycles. The van der Waals surface area contributed by atoms with Gasteiger partial charge < -0.3 is 10.6 Å². The van der Waals surface area contributed by atoms with E-state index in [0.717, 1.165) is 5.56 Å². The summed E-state index contributed by atoms with van der Waals surface area (Å²) in [5, 5.41) is 15.8. The van der Waals surface area contributed by atoms with Crippen molar-refractivity contribution in [3.63, 3.8) is 0 Å². The average Bonchev–Trinajstić information content (AvgIpc) is 2.61. The highest BCUT2D eigenvalue weighted by Gasteiger charge is 2.18. The van der Waals surface area contributed by atoms with Gasteiger partial charge in [0.25, 0.3) is 11.6 Å². The van der Waals surface area contributed by atoms with Crippen LogP contribution in [0.3, 0.4) is 0 Å². The summed E-state index contributed by atoms with van der Waals surface area (Å²) in [5.74, 6) is 0.172. The van der Waals surface area contributed by atoms with E-state index in [9.17, 15) is 14.9 Å². The molecule has 2 aromatic rings. The lowest BCUT2D eigenvalue weighted by Gasteiger charge is -2.13. The molecule has 0 unspecified atom stereocenters. The first kappa shape index (κ1) is 19.9. The summed E-state index contributed by atoms with van der Waals surface area (Å²) in [5.41, 5.74) is 2.32. The van der Waals surface area contributed by atoms with Crippen molar-refractivity contribution in [2.75, 3.05) is 11.9 Å². The molecule has 0 radical (unpaired) electrons. The van der Waals surface area contributed by atoms with Crippen molar-refractivity contribution < 1.29 is 15.0 Å². The quantitative estimate of drug-likeness (QED) is 0.571. The van der Waals surface area contributed by atoms with E-state index in [1.807, 2.05) is 12.2 Å². The highest BCUT2D eigenvalue weighted by atomic mass is 35.5. The number of hydrogen-bond acceptors (Lipinski definition) is 3. The number of nitrogens with one attached hydrogen (secondary N) is 1. The number of nitro benzene ring substituents is 1. The molecular weight excluding hydrogens is 354 g/mol. The fraction of sp³-hybridized carbons (Fsp3) is 0.316. The summed E-state index contributed by atoms with van der Waals surface area (Å²) in [6, 6.07) is 12.6. The third kappa shape index (κ3) is 5.28. The molecule has 0 bridgehead atoms. The van der Waals surface area contributed by atoms with Crippen molar-refractivity contribution in [2.24, 2.45) is 0 Å². The van der Waals surface area contributed by atoms with Crippen molar-refractivity contribution in [3.05, 3.63) is 68.7 Å². The van der Waals surface area contributed by atoms with Gasteiger partial charge in [0.15, 0.2) is 6.54 Å². The van der Waals surface area contributed by atoms with Crippen LogP contribution in [0, 0.1) is 10.1 Å². The zero-order valence-corrected chi connectivity index (χ0v) is 15.8. The third-order valence-corrected chi connectivity index (χ3v) is 4.45. The molecule has 0 saturated heterocycles. The molecule has 0 spiro atoms. The zero-order valence-electron chi connectivity index (χ0n) is 15.0. The molecular formula is C19H23ClN3O3+. The van der Waals surface area contributed by atoms with E-state index in [0.29, 0.717) is 5.92 Å². The number of amides is 1. The van der Waals surface area contributed by atoms with Crippen LogP contribution >= 0.6 is 11.6 Å². The van der Waals surface area contributed by atoms with Crippen LogP contribution in [0.1, 0.15) is 43.9 Å². The van der Waals surface area contributed by atoms with Gasteiger partial charge in [0.05, 0.1) is 4.92 Å². The van der Waals surface area contributed by atoms with Gasteiger partial charge in [-0.15, -0.1) is 0 Å². The van der Waals surface area contributed by atoms with Gasteiger partial charge in [-0.05, 0) is 30.5 Å². The third-order valence-electron chi connectivity index (χ3n) is 4.22. The molecule has 26 heavy (non-hydrogen) atoms. The first-order valence-corrected chi connectivity index (χ1v) is 8.82. The largest absolute Gasteiger partial charge is 0.333 e. The van der Waals surface area contributed by atoms with Crippen molar-refractivity contribution in [1.29, 1.82) is 0 Å². The summed E-state index contributed by atoms with van der Waals surface area (Å²) in [4.78, 5) is 22.7. The van der Waals surface area contributed by atoms with Gasteiger partial charge in [-0.25, -0.2) is 0 Å². The van der Waals surface area contributed by atoms with E-state index < -0.39 is 4.92 Å². The van der Waals surface area contributed by atoms with Crippen molar-refractivity contribution in [1.82, 2.24) is 0 Å². The Bertz CT molecular complexity index is 791. The Morgan fingerprint density at radius 3 is 2.35 bits per heavy atom. The molecule has 0 aliphatic rings. The summed E-state index contributed by atoms with van der Waals surface area (Å²) < 4.78 is 0. The highest BCUT2D eigenvalue weighted by molar-refractivity contribution is 6.31. The smallest absolute Gasteiger partial charge is 0.294 e. The maximum Gasteiger partial charge on any atom is 0.294 e. The van der Waals surface area contributed by atoms with Crippen molar-refractivity contribution >= 4 is 28.9 Å². The second-order valence-corrected chi connectivity index (χ2v) is 6.95. The Hall–Kier alpha value is -2.44. The lowest BCUT2D eigenvalue weighted by molar-refractivity contribution is -0.682. The minimum absolute atomic E-state index is 0.0992. The van der Waals surface area contributed by atoms with Crippen LogP contribution in [0.5, 0.6) is 0 Å². The lowest BCUT2D eigenvalue weighted by Crippen LogP contribution is -2.86. The number of carbonyl (C=O) groups is 1. The Labute approximate surface area is 157 Å². The number of benzene rings is 2. The van der Waals surface area contributed by atoms with E-state index in [2.05, 4.69) is 43.4 Å². The van der Waals surface area contributed by atoms with Crippen molar-refractivity contribution in [2.45, 2.75) is 32.7 Å². The average molecular weight is 377 g/mol. The molecule has 7 heteroatoms. The van der Waals surface area contributed by atoms with Gasteiger partial charge in [-0.3, -0.25) is 14.9 Å². The molecule has 0 heterocycles. The van der Waals surface area contributed by atoms with Gasteiger partial charge in [0.2, 0.25) is 0 Å². The van der Waals surface area contributed by atoms with E-state index >= 15 is 0 Å². The number of nitrogens with two attached hydrogens (primary N) is 1. The van der Waals surface area contributed by atoms with Gasteiger partial charge >= 0.3 is 0 Å². The molecule has 6 nitrogen and oxygen atoms in total. The maximum atomic E-state index is 12.2. The molecule has 0 fully saturated rings. The van der Waals surface area contributed by atoms with Crippen LogP contribution in [0.2, 0.25) is 5.02 Å². The zero-order chi connectivity index (χ0) is 19.3. The van der Waals surface area contributed by atoms with Gasteiger partial charge in [-0.2, -0.15) is 0 Å². The monoisotopic (exact) mass is 376 g/mol. The first-order valence-electron chi connectivity index (χ1n) is 8.45. The molecule has 1 amide bonds. The standard InChI is InChI=1S/C19H22ClN3O3/c1-12(2)14-4-6-15(7-5-14)13(3)21-11-19(24)22-17-9-8-16(20)10-18(17)23(25)26/h4-10,12-13,21H,11H2,1-3H3,(H,22,24)/p+1/t13-/m0/s1. The lowest BCUT2D eigenvalue weighted by atomic mass is 9.99. The minimum Gasteiger partial charge on any atom is -0.333 e. The number of carbonyl (C=O) groups excluding carboxylic acids is 1. The number of quaternary nitrogens is 1. The van der Waals surface area contributed by atoms with E-state index in [4.69, 9.17) is 11.6 Å². The summed E-state index contributed by atoms with van der Waals surface area (Å²) in [7, 11) is 0. The Kier molecular flexibility index (Phi) is 6.71. The summed E-state index contributed by atoms with van der Waals surface area (Å²) >= 11 is 5.78. The molecule has 1 atom stereocenters. The highest BCUT2D eigenvalue weighted by Crippen LogP contribution is 2.27. The summed E-state index contributed by atoms with van der Waals surface area (Å²) in [6.45, 7) is 6.46. The van der Waals surface area contributed by atoms with E-state index in [1.54, 1.807) is 0 Å². The van der Waals surface area contributed by atoms with Crippen LogP contribution in [-0.4, -0.2) is 17.4 Å². The fourth-order valence-electron chi connectivity index (χ4n) is 2.57. The molecule has 2 aromatic carbocycles. The number of anilines is 1. The number of halogens is 1. The summed E-state index contributed by atoms with van der Waals surface area (Å²) in [6.07, 6.45) is 0. The number of hydrogen-bond donors (Lipinski definition) is 2. The molecule has 0 aliphatic heterocycles. The molecule has 0 aromatic heterocycles. The Balaban J connectivity index is 1.95. The molecule has 0 saturated carbocycles. The number of nitro groups is 1. The van der Waals surface area contributed by atoms with Crippen LogP contribution in [0.4, 0.5) is 11.4 Å². The molecule has 3 N–H and O–H groups in total. The predicted octanol–water partition coefficient (Wildman–Crippen LogP) is 3.63. The fourth-order valence-corrected chi connectivity index (χ4v) is 2.73. The van der Waals surface area contributed by atoms with Crippen LogP contribution in [0.25, 0.3) is 0 Å². The van der Waals surface area contributed by atoms with Crippen LogP contribution < -0.4 is 10.6 Å². The molecule has 2 rings (SSSR count). The Morgan fingerprint density at radius 2 is 1.77 bits per heavy atom. The first-order chi connectivity index (χ1) is 12.3. The molecule has 138 valence electrons. The van der Waals surface area contributed by atoms with Gasteiger partial charge in [0, 0.05) is 16.7 Å². The second kappa shape index (κ2) is 8.78. The number of nitrogens with zero attached hydrogens (tertiary/aromatic N) is 1. The SMILES string of the molecule is CC(C)c1ccc([C@H](C)[NH2+]CC(=O)Nc2ccc(Cl)cc2[N+](=O)[O-])cc1. The normalized spacial score (nSPS) is 12.0. The van der Waals surface area contributed by atoms with Gasteiger partial charge in [-0.1, -0.05) is 49.7 Å². The maximum absolute atomic E-state index is 12.2.